The zero-order valence-corrected chi connectivity index (χ0v) is 52.9. The van der Waals surface area contributed by atoms with Crippen LogP contribution in [0.1, 0.15) is 87.4 Å². The van der Waals surface area contributed by atoms with E-state index in [-0.39, 0.29) is 48.7 Å². The van der Waals surface area contributed by atoms with Crippen molar-refractivity contribution in [3.8, 4) is 22.5 Å². The first-order valence-corrected chi connectivity index (χ1v) is 29.8. The summed E-state index contributed by atoms with van der Waals surface area (Å²) in [6.45, 7) is 18.3. The van der Waals surface area contributed by atoms with Crippen LogP contribution < -0.4 is 10.6 Å². The molecule has 25 nitrogen and oxygen atoms in total. The minimum Gasteiger partial charge on any atom is -0.463 e. The molecule has 87 heavy (non-hydrogen) atoms. The molecule has 27 heteroatoms. The summed E-state index contributed by atoms with van der Waals surface area (Å²) in [5.74, 6) is -3.44. The van der Waals surface area contributed by atoms with Crippen LogP contribution in [0.5, 0.6) is 0 Å². The number of allylic oxidation sites excluding steroid dienone is 4. The number of benzene rings is 2. The lowest BCUT2D eigenvalue weighted by Crippen LogP contribution is -2.33. The highest BCUT2D eigenvalue weighted by molar-refractivity contribution is 9.10. The second-order valence-electron chi connectivity index (χ2n) is 19.9. The summed E-state index contributed by atoms with van der Waals surface area (Å²) in [6, 6.07) is 15.0. The van der Waals surface area contributed by atoms with Crippen LogP contribution in [0.25, 0.3) is 22.5 Å². The molecule has 6 heterocycles. The molecule has 0 radical (unpaired) electrons. The van der Waals surface area contributed by atoms with Gasteiger partial charge in [0.25, 0.3) is 0 Å². The summed E-state index contributed by atoms with van der Waals surface area (Å²) in [6.07, 6.45) is 3.34. The predicted molar refractivity (Wildman–Crippen MR) is 318 cm³/mol. The lowest BCUT2D eigenvalue weighted by Gasteiger charge is -2.30. The Bertz CT molecular complexity index is 3270. The summed E-state index contributed by atoms with van der Waals surface area (Å²) in [7, 11) is 0. The molecule has 2 N–H and O–H groups in total. The van der Waals surface area contributed by atoms with Crippen molar-refractivity contribution in [2.45, 2.75) is 93.5 Å². The van der Waals surface area contributed by atoms with E-state index in [1.807, 2.05) is 48.5 Å². The Morgan fingerprint density at radius 1 is 0.471 bits per heavy atom. The van der Waals surface area contributed by atoms with E-state index in [0.717, 1.165) is 20.1 Å². The molecule has 6 aromatic rings. The molecule has 0 bridgehead atoms. The number of aryl methyl sites for hydroxylation is 2. The minimum absolute atomic E-state index is 0.135. The fourth-order valence-electron chi connectivity index (χ4n) is 9.90. The maximum Gasteiger partial charge on any atom is 0.337 e. The molecule has 2 aliphatic rings. The largest absolute Gasteiger partial charge is 0.463 e. The summed E-state index contributed by atoms with van der Waals surface area (Å²) < 4.78 is 67.3. The van der Waals surface area contributed by atoms with Gasteiger partial charge in [-0.1, -0.05) is 76.9 Å². The molecule has 0 spiro atoms. The summed E-state index contributed by atoms with van der Waals surface area (Å²) >= 11 is 6.95. The van der Waals surface area contributed by atoms with Gasteiger partial charge in [-0.3, -0.25) is 0 Å². The molecule has 2 aromatic carbocycles. The highest BCUT2D eigenvalue weighted by atomic mass is 79.9. The van der Waals surface area contributed by atoms with Gasteiger partial charge in [0.15, 0.2) is 0 Å². The van der Waals surface area contributed by atoms with Gasteiger partial charge in [-0.05, 0) is 79.7 Å². The molecule has 0 saturated heterocycles. The molecule has 0 aliphatic carbocycles. The molecule has 0 saturated carbocycles. The van der Waals surface area contributed by atoms with Crippen LogP contribution in [0, 0.1) is 13.8 Å². The van der Waals surface area contributed by atoms with E-state index in [0.29, 0.717) is 147 Å². The number of esters is 4. The van der Waals surface area contributed by atoms with Gasteiger partial charge < -0.3 is 62.3 Å². The van der Waals surface area contributed by atoms with E-state index in [1.165, 1.54) is 0 Å². The van der Waals surface area contributed by atoms with Crippen molar-refractivity contribution in [2.24, 2.45) is 0 Å². The third-order valence-electron chi connectivity index (χ3n) is 13.9. The van der Waals surface area contributed by atoms with Crippen LogP contribution in [0.2, 0.25) is 0 Å². The molecular formula is C60H70Br2N10O15. The molecule has 2 unspecified atom stereocenters. The van der Waals surface area contributed by atoms with Gasteiger partial charge in [0.2, 0.25) is 0 Å². The van der Waals surface area contributed by atoms with Gasteiger partial charge in [0, 0.05) is 54.0 Å². The molecule has 8 rings (SSSR count). The van der Waals surface area contributed by atoms with Crippen molar-refractivity contribution in [3.63, 3.8) is 0 Å². The van der Waals surface area contributed by atoms with E-state index >= 15 is 0 Å². The number of nitrogens with zero attached hydrogens (tertiary/aromatic N) is 8. The minimum atomic E-state index is -0.909. The average Bonchev–Trinajstić information content (AvgIpc) is 1.84. The van der Waals surface area contributed by atoms with Crippen molar-refractivity contribution in [3.05, 3.63) is 149 Å². The third-order valence-corrected chi connectivity index (χ3v) is 14.9. The van der Waals surface area contributed by atoms with Gasteiger partial charge in [0.1, 0.15) is 47.5 Å². The van der Waals surface area contributed by atoms with Crippen LogP contribution >= 0.6 is 31.9 Å². The smallest absolute Gasteiger partial charge is 0.337 e. The Morgan fingerprint density at radius 2 is 0.782 bits per heavy atom. The molecule has 0 fully saturated rings. The van der Waals surface area contributed by atoms with Crippen molar-refractivity contribution in [2.75, 3.05) is 79.3 Å². The maximum absolute atomic E-state index is 14.1. The maximum atomic E-state index is 14.1. The topological polar surface area (TPSA) is 289 Å². The Hall–Kier alpha value is -7.66. The SMILES string of the molecule is CCOC(=O)C1=C(C)NC(C)=C(C(=O)OCc2cn(CCOCCOCCOCCOCCOCCn3cc(COC(=O)C4=C(C)NC(C)=C(C(=O)OCC)C4c4c(-c5ccc(Br)cc5)noc4C)nn3)nn2)C1c1c(-c2ccc(Br)cc2)noc1C. The van der Waals surface area contributed by atoms with Gasteiger partial charge in [-0.25, -0.2) is 28.5 Å². The monoisotopic (exact) mass is 1330 g/mol. The Labute approximate surface area is 519 Å². The van der Waals surface area contributed by atoms with E-state index in [2.05, 4.69) is 73.4 Å². The first-order valence-electron chi connectivity index (χ1n) is 28.2. The number of carbonyl (C=O) groups is 4. The normalized spacial score (nSPS) is 15.2. The van der Waals surface area contributed by atoms with Crippen LogP contribution in [0.4, 0.5) is 0 Å². The van der Waals surface area contributed by atoms with Gasteiger partial charge in [-0.15, -0.1) is 10.2 Å². The highest BCUT2D eigenvalue weighted by Crippen LogP contribution is 2.46. The third kappa shape index (κ3) is 16.9. The van der Waals surface area contributed by atoms with E-state index in [9.17, 15) is 19.2 Å². The number of hydrogen-bond acceptors (Lipinski definition) is 23. The zero-order valence-electron chi connectivity index (χ0n) is 49.7. The van der Waals surface area contributed by atoms with Crippen molar-refractivity contribution in [1.29, 1.82) is 0 Å². The van der Waals surface area contributed by atoms with E-state index in [4.69, 9.17) is 51.7 Å². The summed E-state index contributed by atoms with van der Waals surface area (Å²) in [4.78, 5) is 55.2. The standard InChI is InChI=1S/C60H70Br2N10O15/c1-9-82-57(73)47-35(3)63-37(5)49(53(47)51-39(7)86-67-55(51)41-11-15-43(61)16-12-41)59(75)84-33-45-31-71(69-65-45)19-21-77-23-25-79-27-29-81-30-28-80-26-24-78-22-20-72-32-46(66-70-72)34-85-60(76)50-38(6)64-36(4)48(58(74)83-10-2)54(50)52-40(8)87-68-56(52)42-13-17-44(62)18-14-42/h11-18,31-32,53-54,63-64H,9-10,19-30,33-34H2,1-8H3. The Balaban J connectivity index is 0.674. The second-order valence-corrected chi connectivity index (χ2v) is 21.7. The zero-order chi connectivity index (χ0) is 62.0. The van der Waals surface area contributed by atoms with Gasteiger partial charge in [0.05, 0.1) is 139 Å². The number of rotatable bonds is 32. The lowest BCUT2D eigenvalue weighted by atomic mass is 9.78. The highest BCUT2D eigenvalue weighted by Gasteiger charge is 2.43. The molecule has 0 amide bonds. The first-order chi connectivity index (χ1) is 42.1. The van der Waals surface area contributed by atoms with Crippen molar-refractivity contribution in [1.82, 2.24) is 50.9 Å². The molecule has 2 atom stereocenters. The number of ether oxygens (including phenoxy) is 9. The number of aromatic nitrogens is 8. The quantitative estimate of drug-likeness (QED) is 0.0228. The van der Waals surface area contributed by atoms with Crippen LogP contribution in [0.3, 0.4) is 0 Å². The molecule has 2 aliphatic heterocycles. The van der Waals surface area contributed by atoms with Crippen LogP contribution in [-0.4, -0.2) is 143 Å². The Kier molecular flexibility index (Phi) is 23.9. The number of dihydropyridines is 2. The summed E-state index contributed by atoms with van der Waals surface area (Å²) in [5, 5.41) is 31.7. The molecular weight excluding hydrogens is 1260 g/mol. The summed E-state index contributed by atoms with van der Waals surface area (Å²) in [5.41, 5.74) is 7.35. The molecule has 4 aromatic heterocycles. The Morgan fingerprint density at radius 3 is 1.10 bits per heavy atom. The number of hydrogen-bond donors (Lipinski definition) is 2. The number of nitrogens with one attached hydrogen (secondary N) is 2. The number of carbonyl (C=O) groups excluding carboxylic acids is 4. The molecule has 464 valence electrons. The second kappa shape index (κ2) is 31.8. The predicted octanol–water partition coefficient (Wildman–Crippen LogP) is 8.19. The van der Waals surface area contributed by atoms with Gasteiger partial charge >= 0.3 is 23.9 Å². The van der Waals surface area contributed by atoms with Crippen molar-refractivity contribution < 1.29 is 70.9 Å². The lowest BCUT2D eigenvalue weighted by molar-refractivity contribution is -0.142. The number of halogens is 2. The van der Waals surface area contributed by atoms with E-state index < -0.39 is 35.7 Å². The van der Waals surface area contributed by atoms with Crippen LogP contribution in [0.15, 0.2) is 124 Å². The average molecular weight is 1330 g/mol. The van der Waals surface area contributed by atoms with Crippen LogP contribution in [-0.2, 0) is 88.1 Å². The fourth-order valence-corrected chi connectivity index (χ4v) is 10.4. The fraction of sp³-hybridized carbons (Fsp3) is 0.433. The first kappa shape index (κ1) is 65.3. The van der Waals surface area contributed by atoms with E-state index in [1.54, 1.807) is 77.1 Å². The van der Waals surface area contributed by atoms with Gasteiger partial charge in [-0.2, -0.15) is 0 Å². The van der Waals surface area contributed by atoms with Crippen molar-refractivity contribution >= 4 is 55.7 Å².